The van der Waals surface area contributed by atoms with Crippen molar-refractivity contribution in [3.63, 3.8) is 0 Å². The van der Waals surface area contributed by atoms with Crippen LogP contribution in [0.4, 0.5) is 13.2 Å². The summed E-state index contributed by atoms with van der Waals surface area (Å²) < 4.78 is 35.4. The number of carbonyl (C=O) groups excluding carboxylic acids is 1. The van der Waals surface area contributed by atoms with Gasteiger partial charge in [0.2, 0.25) is 5.91 Å². The maximum atomic E-state index is 11.8. The highest BCUT2D eigenvalue weighted by Gasteiger charge is 2.27. The summed E-state index contributed by atoms with van der Waals surface area (Å²) >= 11 is 1.67. The van der Waals surface area contributed by atoms with Crippen molar-refractivity contribution in [2.45, 2.75) is 18.0 Å². The van der Waals surface area contributed by atoms with E-state index in [0.29, 0.717) is 6.42 Å². The van der Waals surface area contributed by atoms with E-state index in [2.05, 4.69) is 10.6 Å². The molecule has 3 nitrogen and oxygen atoms in total. The van der Waals surface area contributed by atoms with E-state index in [-0.39, 0.29) is 48.4 Å². The molecule has 0 bridgehead atoms. The van der Waals surface area contributed by atoms with Crippen LogP contribution in [0.25, 0.3) is 0 Å². The first-order chi connectivity index (χ1) is 7.97. The Bertz CT molecular complexity index is 250. The monoisotopic (exact) mass is 324 g/mol. The van der Waals surface area contributed by atoms with Crippen LogP contribution in [-0.2, 0) is 4.79 Å². The van der Waals surface area contributed by atoms with Gasteiger partial charge in [0, 0.05) is 42.8 Å². The third-order valence-electron chi connectivity index (χ3n) is 2.12. The van der Waals surface area contributed by atoms with Crippen LogP contribution >= 0.6 is 35.9 Å². The fraction of sp³-hybridized carbons (Fsp3) is 0.889. The Morgan fingerprint density at radius 1 is 1.50 bits per heavy atom. The van der Waals surface area contributed by atoms with Crippen molar-refractivity contribution in [2.24, 2.45) is 0 Å². The van der Waals surface area contributed by atoms with Crippen LogP contribution in [0.3, 0.4) is 0 Å². The summed E-state index contributed by atoms with van der Waals surface area (Å²) in [6, 6.07) is 0.143. The summed E-state index contributed by atoms with van der Waals surface area (Å²) in [5.41, 5.74) is -4.22. The first-order valence-corrected chi connectivity index (χ1v) is 7.40. The van der Waals surface area contributed by atoms with Crippen LogP contribution < -0.4 is 10.6 Å². The van der Waals surface area contributed by atoms with Crippen LogP contribution in [0.5, 0.6) is 0 Å². The predicted octanol–water partition coefficient (Wildman–Crippen LogP) is 1.87. The Balaban J connectivity index is 0.00000289. The van der Waals surface area contributed by atoms with E-state index in [0.717, 1.165) is 18.1 Å². The molecular weight excluding hydrogens is 309 g/mol. The van der Waals surface area contributed by atoms with Crippen LogP contribution in [0.15, 0.2) is 0 Å². The molecule has 0 aromatic rings. The number of thioether (sulfide) groups is 2. The molecule has 1 heterocycles. The molecule has 1 fully saturated rings. The molecule has 1 saturated heterocycles. The third-order valence-corrected chi connectivity index (χ3v) is 3.99. The highest BCUT2D eigenvalue weighted by atomic mass is 35.5. The zero-order chi connectivity index (χ0) is 12.7. The van der Waals surface area contributed by atoms with E-state index in [4.69, 9.17) is 0 Å². The number of halogens is 4. The number of carbonyl (C=O) groups is 1. The first kappa shape index (κ1) is 18.2. The minimum Gasteiger partial charge on any atom is -0.355 e. The van der Waals surface area contributed by atoms with Crippen LogP contribution in [0, 0.1) is 0 Å². The number of hydrogen-bond acceptors (Lipinski definition) is 4. The Hall–Kier alpha value is 0.210. The highest BCUT2D eigenvalue weighted by Crippen LogP contribution is 2.29. The summed E-state index contributed by atoms with van der Waals surface area (Å²) in [5.74, 6) is 1.60. The predicted molar refractivity (Wildman–Crippen MR) is 72.5 cm³/mol. The molecule has 1 atom stereocenters. The molecule has 1 rings (SSSR count). The lowest BCUT2D eigenvalue weighted by Crippen LogP contribution is -2.41. The summed E-state index contributed by atoms with van der Waals surface area (Å²) in [7, 11) is 0. The lowest BCUT2D eigenvalue weighted by Gasteiger charge is -2.22. The lowest BCUT2D eigenvalue weighted by atomic mass is 10.2. The normalized spacial score (nSPS) is 20.1. The summed E-state index contributed by atoms with van der Waals surface area (Å²) in [6.45, 7) is 0.940. The van der Waals surface area contributed by atoms with Gasteiger partial charge in [0.1, 0.15) is 0 Å². The average Bonchev–Trinajstić information content (AvgIpc) is 2.25. The summed E-state index contributed by atoms with van der Waals surface area (Å²) in [4.78, 5) is 11.4. The van der Waals surface area contributed by atoms with Crippen molar-refractivity contribution in [1.29, 1.82) is 0 Å². The first-order valence-electron chi connectivity index (χ1n) is 5.26. The largest absolute Gasteiger partial charge is 0.441 e. The number of rotatable bonds is 5. The van der Waals surface area contributed by atoms with Crippen molar-refractivity contribution in [2.75, 3.05) is 30.3 Å². The summed E-state index contributed by atoms with van der Waals surface area (Å²) in [6.07, 6.45) is 0.337. The second kappa shape index (κ2) is 9.17. The Labute approximate surface area is 119 Å². The lowest BCUT2D eigenvalue weighted by molar-refractivity contribution is -0.121. The number of hydrogen-bond donors (Lipinski definition) is 2. The average molecular weight is 325 g/mol. The topological polar surface area (TPSA) is 41.1 Å². The van der Waals surface area contributed by atoms with E-state index in [1.54, 1.807) is 11.8 Å². The van der Waals surface area contributed by atoms with Gasteiger partial charge in [-0.1, -0.05) is 0 Å². The Morgan fingerprint density at radius 2 is 2.22 bits per heavy atom. The molecule has 0 aliphatic carbocycles. The second-order valence-corrected chi connectivity index (χ2v) is 5.88. The third kappa shape index (κ3) is 9.18. The van der Waals surface area contributed by atoms with Gasteiger partial charge in [0.15, 0.2) is 0 Å². The molecule has 1 aliphatic rings. The quantitative estimate of drug-likeness (QED) is 0.758. The fourth-order valence-electron chi connectivity index (χ4n) is 1.40. The van der Waals surface area contributed by atoms with Gasteiger partial charge in [-0.25, -0.2) is 0 Å². The Morgan fingerprint density at radius 3 is 2.78 bits per heavy atom. The minimum atomic E-state index is -4.22. The van der Waals surface area contributed by atoms with Gasteiger partial charge in [-0.05, 0) is 11.8 Å². The minimum absolute atomic E-state index is 0. The van der Waals surface area contributed by atoms with Gasteiger partial charge in [-0.15, -0.1) is 12.4 Å². The van der Waals surface area contributed by atoms with Gasteiger partial charge in [0.25, 0.3) is 0 Å². The molecule has 0 saturated carbocycles. The molecule has 18 heavy (non-hydrogen) atoms. The zero-order valence-corrected chi connectivity index (χ0v) is 12.0. The molecule has 0 aromatic carbocycles. The van der Waals surface area contributed by atoms with E-state index in [1.165, 1.54) is 0 Å². The van der Waals surface area contributed by atoms with Crippen LogP contribution in [-0.4, -0.2) is 47.8 Å². The molecule has 1 unspecified atom stereocenters. The molecule has 1 amide bonds. The van der Waals surface area contributed by atoms with Crippen LogP contribution in [0.1, 0.15) is 6.42 Å². The van der Waals surface area contributed by atoms with Crippen molar-refractivity contribution >= 4 is 41.8 Å². The molecule has 0 spiro atoms. The molecular formula is C9H16ClF3N2OS2. The zero-order valence-electron chi connectivity index (χ0n) is 9.59. The van der Waals surface area contributed by atoms with E-state index >= 15 is 0 Å². The maximum absolute atomic E-state index is 11.8. The van der Waals surface area contributed by atoms with E-state index < -0.39 is 5.51 Å². The van der Waals surface area contributed by atoms with Gasteiger partial charge < -0.3 is 10.6 Å². The van der Waals surface area contributed by atoms with Crippen molar-refractivity contribution < 1.29 is 18.0 Å². The SMILES string of the molecule is Cl.O=C(CC1CSCCN1)NCCSC(F)(F)F. The standard InChI is InChI=1S/C9H15F3N2OS2.ClH/c10-9(11,12)17-4-2-14-8(15)5-7-6-16-3-1-13-7;/h7,13H,1-6H2,(H,14,15);1H. The van der Waals surface area contributed by atoms with Gasteiger partial charge >= 0.3 is 5.51 Å². The smallest absolute Gasteiger partial charge is 0.355 e. The second-order valence-electron chi connectivity index (χ2n) is 3.57. The highest BCUT2D eigenvalue weighted by molar-refractivity contribution is 8.00. The number of alkyl halides is 3. The molecule has 0 radical (unpaired) electrons. The number of amides is 1. The van der Waals surface area contributed by atoms with Crippen molar-refractivity contribution in [3.8, 4) is 0 Å². The van der Waals surface area contributed by atoms with E-state index in [1.807, 2.05) is 0 Å². The van der Waals surface area contributed by atoms with Gasteiger partial charge in [-0.2, -0.15) is 24.9 Å². The number of nitrogens with one attached hydrogen (secondary N) is 2. The molecule has 0 aromatic heterocycles. The summed E-state index contributed by atoms with van der Waals surface area (Å²) in [5, 5.41) is 5.69. The molecule has 108 valence electrons. The van der Waals surface area contributed by atoms with Gasteiger partial charge in [-0.3, -0.25) is 4.79 Å². The van der Waals surface area contributed by atoms with Crippen molar-refractivity contribution in [3.05, 3.63) is 0 Å². The van der Waals surface area contributed by atoms with Gasteiger partial charge in [0.05, 0.1) is 0 Å². The Kier molecular flexibility index (Phi) is 9.27. The van der Waals surface area contributed by atoms with Crippen LogP contribution in [0.2, 0.25) is 0 Å². The molecule has 9 heteroatoms. The maximum Gasteiger partial charge on any atom is 0.441 e. The fourth-order valence-corrected chi connectivity index (χ4v) is 2.79. The van der Waals surface area contributed by atoms with E-state index in [9.17, 15) is 18.0 Å². The molecule has 1 aliphatic heterocycles. The van der Waals surface area contributed by atoms with Crippen molar-refractivity contribution in [1.82, 2.24) is 10.6 Å². The molecule has 2 N–H and O–H groups in total.